The predicted molar refractivity (Wildman–Crippen MR) is 425 cm³/mol. The Balaban J connectivity index is 0.000000331. The summed E-state index contributed by atoms with van der Waals surface area (Å²) in [6.45, 7) is 21.8. The van der Waals surface area contributed by atoms with Crippen molar-refractivity contribution in [2.75, 3.05) is 14.1 Å². The van der Waals surface area contributed by atoms with Crippen molar-refractivity contribution in [1.82, 2.24) is 21.3 Å². The van der Waals surface area contributed by atoms with Crippen molar-refractivity contribution in [3.8, 4) is 28.7 Å². The predicted octanol–water partition coefficient (Wildman–Crippen LogP) is 16.6. The fourth-order valence-electron chi connectivity index (χ4n) is 9.69. The lowest BCUT2D eigenvalue weighted by molar-refractivity contribution is -0.190. The number of benzene rings is 8. The van der Waals surface area contributed by atoms with Crippen LogP contribution in [0.4, 0.5) is 57.1 Å². The maximum absolute atomic E-state index is 13.5. The molecule has 8 N–H and O–H groups in total. The molecule has 40 heteroatoms. The number of amides is 4. The minimum atomic E-state index is -5.65. The highest BCUT2D eigenvalue weighted by molar-refractivity contribution is 6.33. The first kappa shape index (κ1) is 104. The van der Waals surface area contributed by atoms with Crippen molar-refractivity contribution in [2.45, 2.75) is 156 Å². The summed E-state index contributed by atoms with van der Waals surface area (Å²) in [6, 6.07) is 29.8. The van der Waals surface area contributed by atoms with E-state index in [1.165, 1.54) is 44.4 Å². The van der Waals surface area contributed by atoms with Crippen LogP contribution >= 0.6 is 34.8 Å². The van der Waals surface area contributed by atoms with Crippen LogP contribution in [0.3, 0.4) is 0 Å². The smallest absolute Gasteiger partial charge is 0.489 e. The van der Waals surface area contributed by atoms with Crippen LogP contribution < -0.4 is 50.7 Å². The minimum Gasteiger partial charge on any atom is -0.489 e. The molecule has 0 aromatic heterocycles. The van der Waals surface area contributed by atoms with Crippen molar-refractivity contribution < 1.29 is 148 Å². The SMILES string of the molecule is CC(C)(C)OC(=O)c1ccc(C[C@H](N)C(=O)O)cc1.CC(C)Oc1ccc(C(=O)Oc2c(F)c(F)c(F)c(F)c2F)cc1Cl.CNC(=O)[C@H](Cc1ccc(C(=O)O)cc1)NC(=O)c1ccc(OC(C)C)c(Cl)c1.CNC(=O)[C@H](Cc1ccc(C(=O)OC(C)(C)C)cc1)NC(=O)c1ccc(OC(C)C)c(Cl)c1.O=C(Oc1c(F)c(F)c(F)c(F)c1F)C(F)(F)F. The number of hydrogen-bond donors (Lipinski definition) is 7. The Labute approximate surface area is 716 Å². The lowest BCUT2D eigenvalue weighted by Gasteiger charge is -2.20. The lowest BCUT2D eigenvalue weighted by Crippen LogP contribution is -2.47. The molecule has 0 unspecified atom stereocenters. The number of carbonyl (C=O) groups is 10. The molecule has 670 valence electrons. The molecule has 0 saturated heterocycles. The number of carboxylic acids is 2. The molecule has 0 aliphatic rings. The van der Waals surface area contributed by atoms with Gasteiger partial charge in [0.1, 0.15) is 46.6 Å². The second-order valence-electron chi connectivity index (χ2n) is 28.7. The van der Waals surface area contributed by atoms with E-state index in [4.69, 9.17) is 74.4 Å². The van der Waals surface area contributed by atoms with E-state index < -0.39 is 153 Å². The standard InChI is InChI=1S/C25H31ClN2O5.C21H23ClN2O5.C16H10ClF5O3.C14H19NO4.C8F8O2/c1-15(2)32-21-12-11-18(14-19(21)26)22(29)28-20(23(30)27-6)13-16-7-9-17(10-8-16)24(31)33-25(3,4)5;1-12(2)29-18-9-8-15(11-16(18)22)19(25)24-17(20(26)23-3)10-13-4-6-14(7-5-13)21(27)28;1-6(2)24-9-4-3-7(5-8(9)17)16(23)25-15-13(21)11(19)10(18)12(20)14(15)22;1-14(2,3)19-13(18)10-6-4-9(5-7-10)8-11(15)12(16)17;9-1-2(10)4(12)6(5(13)3(1)11)18-7(17)8(14,15)16/h7-12,14-15,20H,13H2,1-6H3,(H,27,30)(H,28,29);4-9,11-12,17H,10H2,1-3H3,(H,23,26)(H,24,25)(H,27,28);3-6H,1-2H3;4-7,11H,8,15H2,1-3H3,(H,16,17);/t20-;17-;;11-;/m00.0./s1. The third-order valence-electron chi connectivity index (χ3n) is 15.4. The molecular formula is C84H83Cl3F13N5O19. The Kier molecular flexibility index (Phi) is 38.9. The van der Waals surface area contributed by atoms with E-state index in [1.807, 2.05) is 27.7 Å². The number of hydrogen-bond acceptors (Lipinski definition) is 18. The van der Waals surface area contributed by atoms with E-state index >= 15 is 0 Å². The van der Waals surface area contributed by atoms with Crippen LogP contribution in [0, 0.1) is 58.2 Å². The lowest BCUT2D eigenvalue weighted by atomic mass is 10.0. The topological polar surface area (TPSA) is 350 Å². The number of nitrogens with one attached hydrogen (secondary N) is 4. The largest absolute Gasteiger partial charge is 0.491 e. The molecule has 24 nitrogen and oxygen atoms in total. The number of likely N-dealkylation sites (N-methyl/N-ethyl adjacent to an activating group) is 2. The normalized spacial score (nSPS) is 11.8. The maximum atomic E-state index is 13.5. The monoisotopic (exact) mass is 1820 g/mol. The first-order valence-electron chi connectivity index (χ1n) is 36.4. The summed E-state index contributed by atoms with van der Waals surface area (Å²) >= 11 is 18.3. The van der Waals surface area contributed by atoms with Crippen LogP contribution in [-0.2, 0) is 47.9 Å². The Morgan fingerprint density at radius 3 is 0.935 bits per heavy atom. The molecule has 3 atom stereocenters. The van der Waals surface area contributed by atoms with E-state index in [1.54, 1.807) is 140 Å². The Hall–Kier alpha value is -12.2. The average molecular weight is 1820 g/mol. The van der Waals surface area contributed by atoms with Gasteiger partial charge in [-0.05, 0) is 197 Å². The Bertz CT molecular complexity index is 5110. The summed E-state index contributed by atoms with van der Waals surface area (Å²) in [5, 5.41) is 28.8. The number of carbonyl (C=O) groups excluding carboxylic acids is 8. The Morgan fingerprint density at radius 1 is 0.387 bits per heavy atom. The zero-order valence-corrected chi connectivity index (χ0v) is 70.4. The van der Waals surface area contributed by atoms with E-state index in [9.17, 15) is 105 Å². The highest BCUT2D eigenvalue weighted by atomic mass is 35.5. The molecule has 8 aromatic carbocycles. The molecule has 0 spiro atoms. The summed E-state index contributed by atoms with van der Waals surface area (Å²) in [6.07, 6.45) is -5.30. The van der Waals surface area contributed by atoms with E-state index in [0.717, 1.165) is 23.3 Å². The summed E-state index contributed by atoms with van der Waals surface area (Å²) in [7, 11) is 2.98. The second kappa shape index (κ2) is 46.3. The molecule has 8 aromatic rings. The summed E-state index contributed by atoms with van der Waals surface area (Å²) in [4.78, 5) is 118. The number of rotatable bonds is 25. The van der Waals surface area contributed by atoms with Crippen molar-refractivity contribution >= 4 is 94.2 Å². The van der Waals surface area contributed by atoms with Gasteiger partial charge in [-0.15, -0.1) is 0 Å². The van der Waals surface area contributed by atoms with Crippen LogP contribution in [-0.4, -0.2) is 138 Å². The zero-order chi connectivity index (χ0) is 94.1. The first-order chi connectivity index (χ1) is 57.5. The number of ether oxygens (including phenoxy) is 7. The van der Waals surface area contributed by atoms with Gasteiger partial charge >= 0.3 is 42.0 Å². The molecule has 0 aliphatic heterocycles. The third-order valence-corrected chi connectivity index (χ3v) is 16.3. The molecule has 0 heterocycles. The van der Waals surface area contributed by atoms with Crippen molar-refractivity contribution in [2.24, 2.45) is 5.73 Å². The molecular weight excluding hydrogens is 1740 g/mol. The van der Waals surface area contributed by atoms with Gasteiger partial charge in [-0.3, -0.25) is 24.0 Å². The highest BCUT2D eigenvalue weighted by Crippen LogP contribution is 2.35. The number of carboxylic acid groups (broad SMARTS) is 2. The fourth-order valence-corrected chi connectivity index (χ4v) is 10.4. The fraction of sp³-hybridized carbons (Fsp3) is 0.310. The first-order valence-corrected chi connectivity index (χ1v) is 37.6. The summed E-state index contributed by atoms with van der Waals surface area (Å²) in [5.41, 5.74) is 7.88. The van der Waals surface area contributed by atoms with Crippen molar-refractivity contribution in [1.29, 1.82) is 0 Å². The minimum absolute atomic E-state index is 0.000520. The van der Waals surface area contributed by atoms with Gasteiger partial charge in [-0.1, -0.05) is 71.2 Å². The summed E-state index contributed by atoms with van der Waals surface area (Å²) in [5.74, 6) is -36.1. The van der Waals surface area contributed by atoms with Crippen molar-refractivity contribution in [3.05, 3.63) is 251 Å². The van der Waals surface area contributed by atoms with Gasteiger partial charge < -0.3 is 70.4 Å². The number of nitrogens with two attached hydrogens (primary N) is 1. The van der Waals surface area contributed by atoms with Crippen LogP contribution in [0.1, 0.15) is 162 Å². The Morgan fingerprint density at radius 2 is 0.661 bits per heavy atom. The van der Waals surface area contributed by atoms with Gasteiger partial charge in [-0.2, -0.15) is 30.7 Å². The number of aliphatic carboxylic acids is 1. The van der Waals surface area contributed by atoms with Gasteiger partial charge in [0.25, 0.3) is 11.8 Å². The quantitative estimate of drug-likeness (QED) is 0.00918. The van der Waals surface area contributed by atoms with E-state index in [0.29, 0.717) is 49.4 Å². The van der Waals surface area contributed by atoms with Gasteiger partial charge in [0.05, 0.1) is 55.6 Å². The molecule has 0 saturated carbocycles. The van der Waals surface area contributed by atoms with Gasteiger partial charge in [0.2, 0.25) is 81.5 Å². The van der Waals surface area contributed by atoms with E-state index in [-0.39, 0.29) is 71.3 Å². The van der Waals surface area contributed by atoms with Gasteiger partial charge in [-0.25, -0.2) is 50.3 Å². The van der Waals surface area contributed by atoms with Crippen LogP contribution in [0.15, 0.2) is 127 Å². The number of alkyl halides is 3. The van der Waals surface area contributed by atoms with Crippen LogP contribution in [0.25, 0.3) is 0 Å². The zero-order valence-electron chi connectivity index (χ0n) is 68.2. The molecule has 4 amide bonds. The maximum Gasteiger partial charge on any atom is 0.491 e. The molecule has 0 bridgehead atoms. The number of esters is 4. The third kappa shape index (κ3) is 32.2. The van der Waals surface area contributed by atoms with Crippen LogP contribution in [0.5, 0.6) is 28.7 Å². The summed E-state index contributed by atoms with van der Waals surface area (Å²) < 4.78 is 199. The molecule has 0 fully saturated rings. The number of aromatic carboxylic acids is 1. The van der Waals surface area contributed by atoms with Crippen molar-refractivity contribution in [3.63, 3.8) is 0 Å². The van der Waals surface area contributed by atoms with Gasteiger partial charge in [0.15, 0.2) is 0 Å². The second-order valence-corrected chi connectivity index (χ2v) is 30.0. The molecule has 0 radical (unpaired) electrons. The molecule has 124 heavy (non-hydrogen) atoms. The van der Waals surface area contributed by atoms with Gasteiger partial charge in [0, 0.05) is 38.1 Å². The molecule has 0 aliphatic carbocycles. The number of halogens is 16. The molecule has 8 rings (SSSR count). The van der Waals surface area contributed by atoms with Crippen LogP contribution in [0.2, 0.25) is 15.1 Å². The van der Waals surface area contributed by atoms with E-state index in [2.05, 4.69) is 30.7 Å². The highest BCUT2D eigenvalue weighted by Gasteiger charge is 2.43. The average Bonchev–Trinajstić information content (AvgIpc) is 0.793.